The lowest BCUT2D eigenvalue weighted by atomic mass is 9.74. The SMILES string of the molecule is COCCN1C(=O)N[C@](Cc2ccccc2Cl)(C2CCN(C(=O)c3cccc(C)n3)CC2)C1=O. The topological polar surface area (TPSA) is 91.8 Å². The van der Waals surface area contributed by atoms with E-state index >= 15 is 0 Å². The molecule has 0 aliphatic carbocycles. The minimum atomic E-state index is -1.12. The minimum Gasteiger partial charge on any atom is -0.383 e. The number of halogens is 1. The first-order valence-corrected chi connectivity index (χ1v) is 11.8. The van der Waals surface area contributed by atoms with E-state index in [1.807, 2.05) is 37.3 Å². The number of methoxy groups -OCH3 is 1. The van der Waals surface area contributed by atoms with Crippen LogP contribution in [0.4, 0.5) is 4.79 Å². The molecule has 9 heteroatoms. The lowest BCUT2D eigenvalue weighted by molar-refractivity contribution is -0.134. The number of nitrogens with zero attached hydrogens (tertiary/aromatic N) is 3. The van der Waals surface area contributed by atoms with Crippen LogP contribution in [-0.2, 0) is 16.0 Å². The zero-order chi connectivity index (χ0) is 24.3. The number of benzene rings is 1. The van der Waals surface area contributed by atoms with Gasteiger partial charge in [-0.2, -0.15) is 0 Å². The van der Waals surface area contributed by atoms with E-state index in [0.29, 0.717) is 43.1 Å². The summed E-state index contributed by atoms with van der Waals surface area (Å²) in [5.74, 6) is -0.535. The number of piperidine rings is 1. The molecule has 2 aliphatic heterocycles. The van der Waals surface area contributed by atoms with Gasteiger partial charge in [0.1, 0.15) is 11.2 Å². The molecule has 3 heterocycles. The van der Waals surface area contributed by atoms with Gasteiger partial charge >= 0.3 is 6.03 Å². The third-order valence-corrected chi connectivity index (χ3v) is 7.10. The summed E-state index contributed by atoms with van der Waals surface area (Å²) < 4.78 is 5.10. The average Bonchev–Trinajstić information content (AvgIpc) is 3.08. The number of rotatable bonds is 7. The zero-order valence-electron chi connectivity index (χ0n) is 19.4. The highest BCUT2D eigenvalue weighted by Gasteiger charge is 2.56. The smallest absolute Gasteiger partial charge is 0.325 e. The molecule has 2 saturated heterocycles. The normalized spacial score (nSPS) is 21.1. The van der Waals surface area contributed by atoms with Gasteiger partial charge in [-0.15, -0.1) is 0 Å². The Morgan fingerprint density at radius 3 is 2.59 bits per heavy atom. The second kappa shape index (κ2) is 10.1. The number of carbonyl (C=O) groups excluding carboxylic acids is 3. The molecule has 2 aromatic rings. The van der Waals surface area contributed by atoms with Crippen molar-refractivity contribution in [3.05, 3.63) is 64.4 Å². The fourth-order valence-corrected chi connectivity index (χ4v) is 5.12. The summed E-state index contributed by atoms with van der Waals surface area (Å²) in [5.41, 5.74) is 0.885. The van der Waals surface area contributed by atoms with Crippen LogP contribution < -0.4 is 5.32 Å². The fraction of sp³-hybridized carbons (Fsp3) is 0.440. The Labute approximate surface area is 204 Å². The van der Waals surface area contributed by atoms with Gasteiger partial charge in [-0.05, 0) is 49.4 Å². The van der Waals surface area contributed by atoms with E-state index in [2.05, 4.69) is 10.3 Å². The van der Waals surface area contributed by atoms with Crippen molar-refractivity contribution in [2.45, 2.75) is 31.7 Å². The lowest BCUT2D eigenvalue weighted by Crippen LogP contribution is -2.58. The van der Waals surface area contributed by atoms with Gasteiger partial charge in [0, 0.05) is 37.3 Å². The maximum absolute atomic E-state index is 13.7. The number of hydrogen-bond donors (Lipinski definition) is 1. The quantitative estimate of drug-likeness (QED) is 0.610. The van der Waals surface area contributed by atoms with E-state index in [1.54, 1.807) is 17.0 Å². The second-order valence-electron chi connectivity index (χ2n) is 8.85. The molecule has 1 aromatic heterocycles. The van der Waals surface area contributed by atoms with Gasteiger partial charge in [0.25, 0.3) is 11.8 Å². The average molecular weight is 485 g/mol. The first kappa shape index (κ1) is 24.2. The van der Waals surface area contributed by atoms with Crippen LogP contribution in [0.1, 0.15) is 34.6 Å². The van der Waals surface area contributed by atoms with Crippen LogP contribution in [0.15, 0.2) is 42.5 Å². The van der Waals surface area contributed by atoms with Gasteiger partial charge in [0.05, 0.1) is 13.2 Å². The molecule has 4 rings (SSSR count). The number of aromatic nitrogens is 1. The van der Waals surface area contributed by atoms with Crippen molar-refractivity contribution >= 4 is 29.4 Å². The third-order valence-electron chi connectivity index (χ3n) is 6.73. The first-order chi connectivity index (χ1) is 16.4. The number of imide groups is 1. The molecule has 1 atom stereocenters. The number of ether oxygens (including phenoxy) is 1. The molecule has 1 N–H and O–H groups in total. The summed E-state index contributed by atoms with van der Waals surface area (Å²) in [6.07, 6.45) is 1.44. The molecule has 2 aliphatic rings. The molecular formula is C25H29ClN4O4. The highest BCUT2D eigenvalue weighted by molar-refractivity contribution is 6.31. The van der Waals surface area contributed by atoms with Crippen molar-refractivity contribution < 1.29 is 19.1 Å². The van der Waals surface area contributed by atoms with Crippen molar-refractivity contribution in [2.24, 2.45) is 5.92 Å². The molecule has 2 fully saturated rings. The van der Waals surface area contributed by atoms with Crippen LogP contribution in [0, 0.1) is 12.8 Å². The predicted molar refractivity (Wildman–Crippen MR) is 128 cm³/mol. The number of likely N-dealkylation sites (tertiary alicyclic amines) is 1. The summed E-state index contributed by atoms with van der Waals surface area (Å²) in [4.78, 5) is 46.9. The summed E-state index contributed by atoms with van der Waals surface area (Å²) in [6, 6.07) is 12.3. The van der Waals surface area contributed by atoms with Crippen molar-refractivity contribution in [3.63, 3.8) is 0 Å². The number of carbonyl (C=O) groups is 3. The molecule has 180 valence electrons. The van der Waals surface area contributed by atoms with Gasteiger partial charge in [-0.1, -0.05) is 35.9 Å². The predicted octanol–water partition coefficient (Wildman–Crippen LogP) is 3.08. The van der Waals surface area contributed by atoms with Gasteiger partial charge in [-0.3, -0.25) is 14.5 Å². The number of urea groups is 1. The van der Waals surface area contributed by atoms with E-state index in [-0.39, 0.29) is 30.9 Å². The monoisotopic (exact) mass is 484 g/mol. The van der Waals surface area contributed by atoms with Crippen LogP contribution >= 0.6 is 11.6 Å². The summed E-state index contributed by atoms with van der Waals surface area (Å²) in [6.45, 7) is 3.25. The van der Waals surface area contributed by atoms with E-state index < -0.39 is 11.6 Å². The van der Waals surface area contributed by atoms with Gasteiger partial charge in [0.15, 0.2) is 0 Å². The molecule has 0 bridgehead atoms. The maximum Gasteiger partial charge on any atom is 0.325 e. The van der Waals surface area contributed by atoms with Crippen molar-refractivity contribution in [1.82, 2.24) is 20.1 Å². The molecular weight excluding hydrogens is 456 g/mol. The number of pyridine rings is 1. The Morgan fingerprint density at radius 2 is 1.91 bits per heavy atom. The lowest BCUT2D eigenvalue weighted by Gasteiger charge is -2.41. The van der Waals surface area contributed by atoms with Crippen molar-refractivity contribution in [3.8, 4) is 0 Å². The first-order valence-electron chi connectivity index (χ1n) is 11.4. The molecule has 0 saturated carbocycles. The van der Waals surface area contributed by atoms with Crippen LogP contribution in [0.5, 0.6) is 0 Å². The fourth-order valence-electron chi connectivity index (χ4n) is 4.91. The third kappa shape index (κ3) is 4.65. The largest absolute Gasteiger partial charge is 0.383 e. The Balaban J connectivity index is 1.57. The Morgan fingerprint density at radius 1 is 1.18 bits per heavy atom. The second-order valence-corrected chi connectivity index (χ2v) is 9.26. The van der Waals surface area contributed by atoms with Gasteiger partial charge in [0.2, 0.25) is 0 Å². The number of nitrogens with one attached hydrogen (secondary N) is 1. The molecule has 0 radical (unpaired) electrons. The van der Waals surface area contributed by atoms with E-state index in [1.165, 1.54) is 12.0 Å². The maximum atomic E-state index is 13.7. The Bertz CT molecular complexity index is 1090. The minimum absolute atomic E-state index is 0.120. The van der Waals surface area contributed by atoms with Crippen LogP contribution in [0.3, 0.4) is 0 Å². The van der Waals surface area contributed by atoms with E-state index in [4.69, 9.17) is 16.3 Å². The highest BCUT2D eigenvalue weighted by atomic mass is 35.5. The summed E-state index contributed by atoms with van der Waals surface area (Å²) >= 11 is 6.44. The molecule has 34 heavy (non-hydrogen) atoms. The van der Waals surface area contributed by atoms with Gasteiger partial charge < -0.3 is 15.0 Å². The molecule has 1 aromatic carbocycles. The Kier molecular flexibility index (Phi) is 7.19. The van der Waals surface area contributed by atoms with Crippen LogP contribution in [0.25, 0.3) is 0 Å². The van der Waals surface area contributed by atoms with Crippen molar-refractivity contribution in [2.75, 3.05) is 33.4 Å². The van der Waals surface area contributed by atoms with Crippen LogP contribution in [0.2, 0.25) is 5.02 Å². The highest BCUT2D eigenvalue weighted by Crippen LogP contribution is 2.38. The molecule has 0 unspecified atom stereocenters. The number of amides is 4. The Hall–Kier alpha value is -2.97. The molecule has 4 amide bonds. The molecule has 0 spiro atoms. The van der Waals surface area contributed by atoms with E-state index in [0.717, 1.165) is 11.3 Å². The van der Waals surface area contributed by atoms with E-state index in [9.17, 15) is 14.4 Å². The summed E-state index contributed by atoms with van der Waals surface area (Å²) in [7, 11) is 1.53. The number of aryl methyl sites for hydroxylation is 1. The van der Waals surface area contributed by atoms with Crippen LogP contribution in [-0.4, -0.2) is 71.5 Å². The zero-order valence-corrected chi connectivity index (χ0v) is 20.2. The van der Waals surface area contributed by atoms with Crippen molar-refractivity contribution in [1.29, 1.82) is 0 Å². The standard InChI is InChI=1S/C25H29ClN4O4/c1-17-6-5-9-21(27-17)22(31)29-12-10-19(11-13-29)25(16-18-7-3-4-8-20(18)26)23(32)30(14-15-34-2)24(33)28-25/h3-9,19H,10-16H2,1-2H3,(H,28,33)/t25-/m1/s1. The number of hydrogen-bond acceptors (Lipinski definition) is 5. The molecule has 8 nitrogen and oxygen atoms in total. The van der Waals surface area contributed by atoms with Gasteiger partial charge in [-0.25, -0.2) is 9.78 Å². The summed E-state index contributed by atoms with van der Waals surface area (Å²) in [5, 5.41) is 3.57.